The van der Waals surface area contributed by atoms with Gasteiger partial charge in [-0.25, -0.2) is 21.6 Å². The smallest absolute Gasteiger partial charge is 0.336 e. The van der Waals surface area contributed by atoms with Gasteiger partial charge in [0.1, 0.15) is 10.7 Å². The molecule has 0 saturated carbocycles. The van der Waals surface area contributed by atoms with Gasteiger partial charge in [0.15, 0.2) is 35.7 Å². The normalized spacial score (nSPS) is 12.6. The average molecular weight is 467 g/mol. The van der Waals surface area contributed by atoms with Crippen LogP contribution in [0.1, 0.15) is 5.76 Å². The fourth-order valence-electron chi connectivity index (χ4n) is 3.53. The quantitative estimate of drug-likeness (QED) is 0.332. The fraction of sp³-hybridized carbons (Fsp3) is 0.150. The fourth-order valence-corrected chi connectivity index (χ4v) is 5.85. The van der Waals surface area contributed by atoms with Crippen molar-refractivity contribution < 1.29 is 25.7 Å². The van der Waals surface area contributed by atoms with Crippen molar-refractivity contribution in [3.63, 3.8) is 0 Å². The summed E-state index contributed by atoms with van der Waals surface area (Å²) in [6.45, 7) is 0. The Morgan fingerprint density at radius 3 is 2.00 bits per heavy atom. The molecule has 2 aromatic heterocycles. The monoisotopic (exact) mass is 466 g/mol. The predicted molar refractivity (Wildman–Crippen MR) is 113 cm³/mol. The first kappa shape index (κ1) is 20.6. The summed E-state index contributed by atoms with van der Waals surface area (Å²) in [4.78, 5) is 11.7. The summed E-state index contributed by atoms with van der Waals surface area (Å²) >= 11 is 5.88. The highest BCUT2D eigenvalue weighted by Gasteiger charge is 2.30. The van der Waals surface area contributed by atoms with E-state index in [0.29, 0.717) is 11.1 Å². The van der Waals surface area contributed by atoms with Gasteiger partial charge in [0, 0.05) is 29.4 Å². The number of halogens is 1. The minimum Gasteiger partial charge on any atom is -0.457 e. The van der Waals surface area contributed by atoms with Crippen molar-refractivity contribution in [3.8, 4) is 11.1 Å². The molecule has 2 aromatic carbocycles. The highest BCUT2D eigenvalue weighted by molar-refractivity contribution is 7.91. The van der Waals surface area contributed by atoms with Gasteiger partial charge in [-0.2, -0.15) is 0 Å². The lowest BCUT2D eigenvalue weighted by atomic mass is 10.0. The molecule has 0 radical (unpaired) electrons. The highest BCUT2D eigenvalue weighted by Crippen LogP contribution is 2.41. The third kappa shape index (κ3) is 3.32. The van der Waals surface area contributed by atoms with Crippen LogP contribution in [0.5, 0.6) is 0 Å². The summed E-state index contributed by atoms with van der Waals surface area (Å²) < 4.78 is 61.1. The number of sulfone groups is 2. The maximum absolute atomic E-state index is 12.7. The van der Waals surface area contributed by atoms with Crippen LogP contribution in [-0.4, -0.2) is 29.3 Å². The van der Waals surface area contributed by atoms with Crippen LogP contribution in [0.25, 0.3) is 33.1 Å². The Balaban J connectivity index is 2.35. The third-order valence-corrected chi connectivity index (χ3v) is 7.16. The second-order valence-electron chi connectivity index (χ2n) is 6.84. The van der Waals surface area contributed by atoms with E-state index in [4.69, 9.17) is 20.4 Å². The summed E-state index contributed by atoms with van der Waals surface area (Å²) in [5.74, 6) is -0.371. The average Bonchev–Trinajstić information content (AvgIpc) is 3.03. The van der Waals surface area contributed by atoms with Crippen LogP contribution in [0.2, 0.25) is 0 Å². The van der Waals surface area contributed by atoms with Crippen molar-refractivity contribution in [1.29, 1.82) is 0 Å². The van der Waals surface area contributed by atoms with Crippen LogP contribution in [0.4, 0.5) is 0 Å². The first-order valence-electron chi connectivity index (χ1n) is 8.60. The molecule has 0 aliphatic carbocycles. The van der Waals surface area contributed by atoms with Crippen molar-refractivity contribution in [3.05, 3.63) is 58.6 Å². The second-order valence-corrected chi connectivity index (χ2v) is 11.0. The number of alkyl halides is 1. The van der Waals surface area contributed by atoms with Crippen LogP contribution < -0.4 is 5.63 Å². The van der Waals surface area contributed by atoms with Crippen molar-refractivity contribution >= 4 is 53.2 Å². The standard InChI is InChI=1S/C20H15ClO7S2/c1-29(23,24)19-14-8-13-12(11-6-4-3-5-7-11)9-16(22)28-17(13)20(30(2,25)26)18(14)27-15(19)10-21/h3-9H,10H2,1-2H3. The molecule has 0 spiro atoms. The Hall–Kier alpha value is -2.62. The SMILES string of the molecule is CS(=O)(=O)c1c(CCl)oc2c(S(C)(=O)=O)c3oc(=O)cc(-c4ccccc4)c3cc12. The lowest BCUT2D eigenvalue weighted by Gasteiger charge is -2.09. The van der Waals surface area contributed by atoms with Gasteiger partial charge in [-0.3, -0.25) is 0 Å². The Labute approximate surface area is 176 Å². The number of furan rings is 1. The molecule has 2 heterocycles. The summed E-state index contributed by atoms with van der Waals surface area (Å²) in [7, 11) is -7.80. The molecular weight excluding hydrogens is 452 g/mol. The number of benzene rings is 2. The number of hydrogen-bond acceptors (Lipinski definition) is 7. The molecule has 10 heteroatoms. The maximum Gasteiger partial charge on any atom is 0.336 e. The Kier molecular flexibility index (Phi) is 4.80. The molecule has 0 fully saturated rings. The number of rotatable bonds is 4. The highest BCUT2D eigenvalue weighted by atomic mass is 35.5. The molecule has 7 nitrogen and oxygen atoms in total. The third-order valence-electron chi connectivity index (χ3n) is 4.62. The number of fused-ring (bicyclic) bond motifs is 2. The van der Waals surface area contributed by atoms with E-state index in [-0.39, 0.29) is 38.5 Å². The van der Waals surface area contributed by atoms with E-state index in [1.807, 2.05) is 0 Å². The molecule has 0 aliphatic heterocycles. The van der Waals surface area contributed by atoms with E-state index >= 15 is 0 Å². The lowest BCUT2D eigenvalue weighted by Crippen LogP contribution is -2.05. The van der Waals surface area contributed by atoms with E-state index in [1.54, 1.807) is 30.3 Å². The van der Waals surface area contributed by atoms with Gasteiger partial charge >= 0.3 is 5.63 Å². The summed E-state index contributed by atoms with van der Waals surface area (Å²) in [6, 6.07) is 11.5. The van der Waals surface area contributed by atoms with E-state index in [1.165, 1.54) is 12.1 Å². The lowest BCUT2D eigenvalue weighted by molar-refractivity contribution is 0.533. The van der Waals surface area contributed by atoms with Gasteiger partial charge in [-0.1, -0.05) is 30.3 Å². The van der Waals surface area contributed by atoms with Crippen LogP contribution in [0.15, 0.2) is 65.9 Å². The van der Waals surface area contributed by atoms with E-state index in [2.05, 4.69) is 0 Å². The van der Waals surface area contributed by atoms with Crippen LogP contribution in [-0.2, 0) is 25.6 Å². The van der Waals surface area contributed by atoms with Gasteiger partial charge in [-0.15, -0.1) is 11.6 Å². The van der Waals surface area contributed by atoms with Gasteiger partial charge in [0.2, 0.25) is 0 Å². The van der Waals surface area contributed by atoms with Crippen molar-refractivity contribution in [2.24, 2.45) is 0 Å². The van der Waals surface area contributed by atoms with Crippen LogP contribution in [0, 0.1) is 0 Å². The molecule has 4 rings (SSSR count). The van der Waals surface area contributed by atoms with E-state index in [9.17, 15) is 21.6 Å². The zero-order chi connectivity index (χ0) is 21.8. The van der Waals surface area contributed by atoms with Gasteiger partial charge in [0.25, 0.3) is 0 Å². The molecule has 0 unspecified atom stereocenters. The summed E-state index contributed by atoms with van der Waals surface area (Å²) in [5, 5.41) is 0.327. The summed E-state index contributed by atoms with van der Waals surface area (Å²) in [5.41, 5.74) is -0.128. The second kappa shape index (κ2) is 6.97. The molecule has 4 aromatic rings. The zero-order valence-corrected chi connectivity index (χ0v) is 18.2. The largest absolute Gasteiger partial charge is 0.457 e. The molecule has 0 N–H and O–H groups in total. The predicted octanol–water partition coefficient (Wildman–Crippen LogP) is 3.75. The first-order chi connectivity index (χ1) is 14.0. The Morgan fingerprint density at radius 1 is 0.833 bits per heavy atom. The van der Waals surface area contributed by atoms with Gasteiger partial charge in [0.05, 0.1) is 5.88 Å². The molecule has 0 atom stereocenters. The zero-order valence-electron chi connectivity index (χ0n) is 15.8. The van der Waals surface area contributed by atoms with Gasteiger partial charge in [-0.05, 0) is 17.2 Å². The summed E-state index contributed by atoms with van der Waals surface area (Å²) in [6.07, 6.45) is 1.92. The Bertz CT molecular complexity index is 1580. The number of hydrogen-bond donors (Lipinski definition) is 0. The molecule has 0 amide bonds. The van der Waals surface area contributed by atoms with Gasteiger partial charge < -0.3 is 8.83 Å². The van der Waals surface area contributed by atoms with E-state index < -0.39 is 30.2 Å². The van der Waals surface area contributed by atoms with Crippen molar-refractivity contribution in [1.82, 2.24) is 0 Å². The minimum atomic E-state index is -3.99. The van der Waals surface area contributed by atoms with Crippen LogP contribution in [0.3, 0.4) is 0 Å². The topological polar surface area (TPSA) is 112 Å². The molecule has 156 valence electrons. The maximum atomic E-state index is 12.7. The Morgan fingerprint density at radius 2 is 1.43 bits per heavy atom. The first-order valence-corrected chi connectivity index (χ1v) is 12.9. The molecule has 30 heavy (non-hydrogen) atoms. The van der Waals surface area contributed by atoms with Crippen molar-refractivity contribution in [2.75, 3.05) is 12.5 Å². The molecule has 0 bridgehead atoms. The molecule has 0 aliphatic rings. The van der Waals surface area contributed by atoms with Crippen LogP contribution >= 0.6 is 11.6 Å². The molecule has 0 saturated heterocycles. The minimum absolute atomic E-state index is 0.0621. The van der Waals surface area contributed by atoms with Crippen molar-refractivity contribution in [2.45, 2.75) is 15.7 Å². The van der Waals surface area contributed by atoms with E-state index in [0.717, 1.165) is 12.5 Å². The molecular formula is C20H15ClO7S2.